The lowest BCUT2D eigenvalue weighted by Gasteiger charge is -2.19. The van der Waals surface area contributed by atoms with Gasteiger partial charge in [-0.25, -0.2) is 0 Å². The van der Waals surface area contributed by atoms with Crippen LogP contribution < -0.4 is 5.73 Å². The monoisotopic (exact) mass is 703 g/mol. The molecule has 55 heavy (non-hydrogen) atoms. The molecule has 10 rings (SSSR count). The second-order valence-electron chi connectivity index (χ2n) is 14.1. The Labute approximate surface area is 319 Å². The molecule has 0 spiro atoms. The zero-order chi connectivity index (χ0) is 36.9. The number of hydrogen-bond donors (Lipinski definition) is 1. The lowest BCUT2D eigenvalue weighted by Crippen LogP contribution is -1.99. The summed E-state index contributed by atoms with van der Waals surface area (Å²) < 4.78 is 2.29. The average molecular weight is 704 g/mol. The van der Waals surface area contributed by atoms with Crippen molar-refractivity contribution in [2.24, 2.45) is 5.73 Å². The van der Waals surface area contributed by atoms with Crippen molar-refractivity contribution in [3.05, 3.63) is 200 Å². The molecule has 10 aromatic rings. The number of fused-ring (bicyclic) bond motifs is 6. The van der Waals surface area contributed by atoms with Crippen LogP contribution in [0.1, 0.15) is 12.6 Å². The summed E-state index contributed by atoms with van der Waals surface area (Å²) in [5, 5.41) is 9.80. The highest BCUT2D eigenvalue weighted by Crippen LogP contribution is 2.45. The quantitative estimate of drug-likeness (QED) is 0.138. The molecule has 0 unspecified atom stereocenters. The number of rotatable bonds is 6. The molecule has 8 aromatic carbocycles. The van der Waals surface area contributed by atoms with E-state index in [1.165, 1.54) is 54.6 Å². The van der Waals surface area contributed by atoms with Gasteiger partial charge in [0.25, 0.3) is 0 Å². The van der Waals surface area contributed by atoms with E-state index in [1.807, 2.05) is 37.4 Å². The number of nitrogens with zero attached hydrogens (tertiary/aromatic N) is 2. The van der Waals surface area contributed by atoms with E-state index >= 15 is 0 Å². The van der Waals surface area contributed by atoms with E-state index in [-0.39, 0.29) is 0 Å². The molecule has 0 aliphatic rings. The van der Waals surface area contributed by atoms with Crippen molar-refractivity contribution in [2.75, 3.05) is 0 Å². The van der Waals surface area contributed by atoms with Crippen LogP contribution in [0, 0.1) is 0 Å². The summed E-state index contributed by atoms with van der Waals surface area (Å²) in [6.07, 6.45) is 7.77. The van der Waals surface area contributed by atoms with Crippen LogP contribution in [0.25, 0.3) is 98.9 Å². The van der Waals surface area contributed by atoms with Gasteiger partial charge in [0.2, 0.25) is 0 Å². The predicted molar refractivity (Wildman–Crippen MR) is 234 cm³/mol. The summed E-state index contributed by atoms with van der Waals surface area (Å²) >= 11 is 0. The average Bonchev–Trinajstić information content (AvgIpc) is 3.58. The highest BCUT2D eigenvalue weighted by molar-refractivity contribution is 6.23. The van der Waals surface area contributed by atoms with E-state index in [1.54, 1.807) is 0 Å². The van der Waals surface area contributed by atoms with Gasteiger partial charge in [-0.15, -0.1) is 0 Å². The van der Waals surface area contributed by atoms with E-state index in [0.717, 1.165) is 44.3 Å². The molecule has 0 aliphatic carbocycles. The van der Waals surface area contributed by atoms with Crippen LogP contribution in [-0.2, 0) is 0 Å². The molecular formula is C52H37N3. The SMILES string of the molecule is C/C=C\C=C(/N)c1cc2c3cc(-c4ccc(-c5c6ccccc6c(-c6cccc7ccccc67)c6ccccc56)cc4)ccc3n(-c3ccccc3)c2cn1. The van der Waals surface area contributed by atoms with Crippen molar-refractivity contribution in [3.63, 3.8) is 0 Å². The summed E-state index contributed by atoms with van der Waals surface area (Å²) in [7, 11) is 0. The van der Waals surface area contributed by atoms with Crippen molar-refractivity contribution in [1.29, 1.82) is 0 Å². The van der Waals surface area contributed by atoms with Gasteiger partial charge in [-0.1, -0.05) is 152 Å². The van der Waals surface area contributed by atoms with Crippen LogP contribution in [0.3, 0.4) is 0 Å². The fourth-order valence-electron chi connectivity index (χ4n) is 8.40. The van der Waals surface area contributed by atoms with Crippen LogP contribution in [-0.4, -0.2) is 9.55 Å². The first-order chi connectivity index (χ1) is 27.2. The van der Waals surface area contributed by atoms with Gasteiger partial charge in [0.05, 0.1) is 28.6 Å². The fourth-order valence-corrected chi connectivity index (χ4v) is 8.40. The van der Waals surface area contributed by atoms with Gasteiger partial charge >= 0.3 is 0 Å². The second kappa shape index (κ2) is 13.3. The Morgan fingerprint density at radius 2 is 1.09 bits per heavy atom. The van der Waals surface area contributed by atoms with Gasteiger partial charge in [0, 0.05) is 16.5 Å². The number of nitrogens with two attached hydrogens (primary N) is 1. The lowest BCUT2D eigenvalue weighted by atomic mass is 9.84. The minimum atomic E-state index is 0.637. The molecule has 260 valence electrons. The van der Waals surface area contributed by atoms with Crippen molar-refractivity contribution >= 4 is 59.8 Å². The molecule has 0 saturated carbocycles. The molecule has 0 saturated heterocycles. The number of pyridine rings is 1. The van der Waals surface area contributed by atoms with E-state index < -0.39 is 0 Å². The Morgan fingerprint density at radius 1 is 0.509 bits per heavy atom. The maximum atomic E-state index is 6.49. The Morgan fingerprint density at radius 3 is 1.80 bits per heavy atom. The number of para-hydroxylation sites is 1. The molecular weight excluding hydrogens is 667 g/mol. The maximum Gasteiger partial charge on any atom is 0.0866 e. The van der Waals surface area contributed by atoms with Gasteiger partial charge in [0.15, 0.2) is 0 Å². The normalized spacial score (nSPS) is 12.2. The molecule has 0 aliphatic heterocycles. The number of aromatic nitrogens is 2. The Hall–Kier alpha value is -7.23. The highest BCUT2D eigenvalue weighted by Gasteiger charge is 2.19. The van der Waals surface area contributed by atoms with Crippen LogP contribution >= 0.6 is 0 Å². The first-order valence-corrected chi connectivity index (χ1v) is 18.8. The summed E-state index contributed by atoms with van der Waals surface area (Å²) in [5.74, 6) is 0. The van der Waals surface area contributed by atoms with Gasteiger partial charge in [-0.3, -0.25) is 4.98 Å². The van der Waals surface area contributed by atoms with E-state index in [4.69, 9.17) is 10.7 Å². The highest BCUT2D eigenvalue weighted by atomic mass is 15.0. The second-order valence-corrected chi connectivity index (χ2v) is 14.1. The zero-order valence-electron chi connectivity index (χ0n) is 30.4. The first-order valence-electron chi connectivity index (χ1n) is 18.8. The summed E-state index contributed by atoms with van der Waals surface area (Å²) in [4.78, 5) is 4.79. The third kappa shape index (κ3) is 5.40. The molecule has 0 fully saturated rings. The van der Waals surface area contributed by atoms with E-state index in [2.05, 4.69) is 168 Å². The van der Waals surface area contributed by atoms with Crippen LogP contribution in [0.2, 0.25) is 0 Å². The molecule has 0 atom stereocenters. The van der Waals surface area contributed by atoms with Gasteiger partial charge in [0.1, 0.15) is 0 Å². The Kier molecular flexibility index (Phi) is 7.85. The Balaban J connectivity index is 1.13. The number of hydrogen-bond acceptors (Lipinski definition) is 2. The maximum absolute atomic E-state index is 6.49. The van der Waals surface area contributed by atoms with E-state index in [0.29, 0.717) is 5.70 Å². The zero-order valence-corrected chi connectivity index (χ0v) is 30.4. The smallest absolute Gasteiger partial charge is 0.0866 e. The standard InChI is InChI=1S/C52H37N3/c1-2-3-24-47(53)48-32-46-45-31-37(29-30-49(45)55(50(46)33-54-48)38-16-5-4-6-17-38)34-25-27-36(28-26-34)51-41-19-9-11-21-43(41)52(44-22-12-10-20-42(44)51)40-23-13-15-35-14-7-8-18-39(35)40/h2-33H,53H2,1H3/b3-2-,47-24-. The van der Waals surface area contributed by atoms with Crippen LogP contribution in [0.5, 0.6) is 0 Å². The van der Waals surface area contributed by atoms with Gasteiger partial charge in [-0.05, 0) is 109 Å². The minimum Gasteiger partial charge on any atom is -0.397 e. The number of allylic oxidation sites excluding steroid dienone is 3. The molecule has 0 bridgehead atoms. The molecule has 0 amide bonds. The van der Waals surface area contributed by atoms with Crippen molar-refractivity contribution < 1.29 is 0 Å². The topological polar surface area (TPSA) is 43.8 Å². The largest absolute Gasteiger partial charge is 0.397 e. The summed E-state index contributed by atoms with van der Waals surface area (Å²) in [6, 6.07) is 61.6. The molecule has 2 N–H and O–H groups in total. The van der Waals surface area contributed by atoms with Gasteiger partial charge < -0.3 is 10.3 Å². The predicted octanol–water partition coefficient (Wildman–Crippen LogP) is 13.5. The third-order valence-corrected chi connectivity index (χ3v) is 10.9. The molecule has 3 heteroatoms. The van der Waals surface area contributed by atoms with Crippen molar-refractivity contribution in [1.82, 2.24) is 9.55 Å². The van der Waals surface area contributed by atoms with E-state index in [9.17, 15) is 0 Å². The van der Waals surface area contributed by atoms with Gasteiger partial charge in [-0.2, -0.15) is 0 Å². The summed E-state index contributed by atoms with van der Waals surface area (Å²) in [6.45, 7) is 1.98. The third-order valence-electron chi connectivity index (χ3n) is 10.9. The summed E-state index contributed by atoms with van der Waals surface area (Å²) in [5.41, 5.74) is 18.5. The molecule has 2 aromatic heterocycles. The molecule has 3 nitrogen and oxygen atoms in total. The first kappa shape index (κ1) is 32.4. The Bertz CT molecular complexity index is 3090. The van der Waals surface area contributed by atoms with Crippen LogP contribution in [0.15, 0.2) is 194 Å². The van der Waals surface area contributed by atoms with Crippen LogP contribution in [0.4, 0.5) is 0 Å². The lowest BCUT2D eigenvalue weighted by molar-refractivity contribution is 1.16. The molecule has 2 heterocycles. The molecule has 0 radical (unpaired) electrons. The fraction of sp³-hybridized carbons (Fsp3) is 0.0192. The minimum absolute atomic E-state index is 0.637. The van der Waals surface area contributed by atoms with Crippen molar-refractivity contribution in [3.8, 4) is 39.1 Å². The van der Waals surface area contributed by atoms with Crippen molar-refractivity contribution in [2.45, 2.75) is 6.92 Å². The number of benzene rings is 8.